The summed E-state index contributed by atoms with van der Waals surface area (Å²) in [6, 6.07) is 11.5. The Balaban J connectivity index is 2.28. The van der Waals surface area contributed by atoms with Crippen LogP contribution >= 0.6 is 0 Å². The van der Waals surface area contributed by atoms with E-state index >= 15 is 0 Å². The van der Waals surface area contributed by atoms with Gasteiger partial charge in [-0.05, 0) is 67.1 Å². The van der Waals surface area contributed by atoms with Crippen LogP contribution in [0.3, 0.4) is 0 Å². The molecule has 0 aliphatic carbocycles. The third-order valence-corrected chi connectivity index (χ3v) is 5.45. The van der Waals surface area contributed by atoms with Gasteiger partial charge in [0.2, 0.25) is 0 Å². The lowest BCUT2D eigenvalue weighted by atomic mass is 9.91. The smallest absolute Gasteiger partial charge is 0.124 e. The zero-order chi connectivity index (χ0) is 17.3. The number of hydrogen-bond donors (Lipinski definition) is 1. The molecular formula is C19H20FNO2S. The summed E-state index contributed by atoms with van der Waals surface area (Å²) in [5.74, 6) is 0.272. The summed E-state index contributed by atoms with van der Waals surface area (Å²) in [6.07, 6.45) is 0.673. The van der Waals surface area contributed by atoms with Gasteiger partial charge in [0.25, 0.3) is 0 Å². The van der Waals surface area contributed by atoms with Crippen molar-refractivity contribution in [1.29, 1.82) is 0 Å². The minimum atomic E-state index is -1.24. The maximum atomic E-state index is 13.7. The third kappa shape index (κ3) is 3.42. The molecule has 1 unspecified atom stereocenters. The van der Waals surface area contributed by atoms with Crippen LogP contribution in [0.5, 0.6) is 5.75 Å². The summed E-state index contributed by atoms with van der Waals surface area (Å²) < 4.78 is 26.3. The van der Waals surface area contributed by atoms with Crippen molar-refractivity contribution in [2.75, 3.05) is 26.4 Å². The summed E-state index contributed by atoms with van der Waals surface area (Å²) in [7, 11) is 2.73. The summed E-state index contributed by atoms with van der Waals surface area (Å²) in [4.78, 5) is 2.59. The van der Waals surface area contributed by atoms with E-state index in [0.29, 0.717) is 17.1 Å². The predicted molar refractivity (Wildman–Crippen MR) is 95.0 cm³/mol. The Morgan fingerprint density at radius 2 is 2.00 bits per heavy atom. The zero-order valence-corrected chi connectivity index (χ0v) is 14.6. The van der Waals surface area contributed by atoms with E-state index < -0.39 is 10.8 Å². The molecule has 1 atom stereocenters. The molecule has 1 aliphatic heterocycles. The SMILES string of the molecule is CN(C)CC1=C(c2cccc(O)c2)c2ccc(F)cc2S(=O)CC1. The molecular weight excluding hydrogens is 325 g/mol. The van der Waals surface area contributed by atoms with Gasteiger partial charge in [-0.2, -0.15) is 0 Å². The number of nitrogens with zero attached hydrogens (tertiary/aromatic N) is 1. The highest BCUT2D eigenvalue weighted by Gasteiger charge is 2.23. The second-order valence-corrected chi connectivity index (χ2v) is 7.75. The van der Waals surface area contributed by atoms with Crippen molar-refractivity contribution in [1.82, 2.24) is 4.90 Å². The van der Waals surface area contributed by atoms with Gasteiger partial charge in [-0.3, -0.25) is 4.21 Å². The molecule has 0 bridgehead atoms. The third-order valence-electron chi connectivity index (χ3n) is 4.04. The van der Waals surface area contributed by atoms with Crippen molar-refractivity contribution in [2.24, 2.45) is 0 Å². The Morgan fingerprint density at radius 1 is 1.21 bits per heavy atom. The monoisotopic (exact) mass is 345 g/mol. The fourth-order valence-electron chi connectivity index (χ4n) is 3.09. The maximum Gasteiger partial charge on any atom is 0.124 e. The predicted octanol–water partition coefficient (Wildman–Crippen LogP) is 3.41. The number of aromatic hydroxyl groups is 1. The van der Waals surface area contributed by atoms with Crippen LogP contribution in [0.1, 0.15) is 17.5 Å². The second-order valence-electron chi connectivity index (χ2n) is 6.21. The Hall–Kier alpha value is -1.98. The molecule has 0 spiro atoms. The van der Waals surface area contributed by atoms with Crippen LogP contribution in [0.2, 0.25) is 0 Å². The second kappa shape index (κ2) is 6.87. The molecule has 3 nitrogen and oxygen atoms in total. The first-order valence-corrected chi connectivity index (χ1v) is 9.12. The first-order chi connectivity index (χ1) is 11.5. The number of benzene rings is 2. The van der Waals surface area contributed by atoms with E-state index in [1.807, 2.05) is 20.2 Å². The Bertz CT molecular complexity index is 830. The molecule has 5 heteroatoms. The molecule has 0 saturated heterocycles. The summed E-state index contributed by atoms with van der Waals surface area (Å²) >= 11 is 0. The minimum absolute atomic E-state index is 0.179. The van der Waals surface area contributed by atoms with E-state index in [9.17, 15) is 13.7 Å². The van der Waals surface area contributed by atoms with Gasteiger partial charge in [-0.15, -0.1) is 0 Å². The van der Waals surface area contributed by atoms with Crippen LogP contribution in [0.15, 0.2) is 52.9 Å². The average molecular weight is 345 g/mol. The molecule has 2 aromatic carbocycles. The largest absolute Gasteiger partial charge is 0.508 e. The molecule has 24 heavy (non-hydrogen) atoms. The van der Waals surface area contributed by atoms with E-state index in [-0.39, 0.29) is 11.6 Å². The number of phenols is 1. The quantitative estimate of drug-likeness (QED) is 0.927. The molecule has 0 radical (unpaired) electrons. The Kier molecular flexibility index (Phi) is 4.83. The van der Waals surface area contributed by atoms with Crippen LogP contribution < -0.4 is 0 Å². The molecule has 0 aromatic heterocycles. The lowest BCUT2D eigenvalue weighted by Gasteiger charge is -2.18. The van der Waals surface area contributed by atoms with Crippen LogP contribution in [0, 0.1) is 5.82 Å². The van der Waals surface area contributed by atoms with Gasteiger partial charge >= 0.3 is 0 Å². The van der Waals surface area contributed by atoms with E-state index in [4.69, 9.17) is 0 Å². The molecule has 0 saturated carbocycles. The molecule has 3 rings (SSSR count). The number of likely N-dealkylation sites (N-methyl/N-ethyl adjacent to an activating group) is 1. The van der Waals surface area contributed by atoms with Gasteiger partial charge in [0, 0.05) is 17.2 Å². The molecule has 126 valence electrons. The van der Waals surface area contributed by atoms with Crippen LogP contribution in [0.4, 0.5) is 4.39 Å². The van der Waals surface area contributed by atoms with E-state index in [0.717, 1.165) is 28.8 Å². The number of hydrogen-bond acceptors (Lipinski definition) is 3. The van der Waals surface area contributed by atoms with E-state index in [1.54, 1.807) is 24.3 Å². The van der Waals surface area contributed by atoms with Crippen molar-refractivity contribution in [2.45, 2.75) is 11.3 Å². The molecule has 2 aromatic rings. The first-order valence-electron chi connectivity index (χ1n) is 7.80. The number of rotatable bonds is 3. The highest BCUT2D eigenvalue weighted by atomic mass is 32.2. The van der Waals surface area contributed by atoms with Crippen LogP contribution in [-0.4, -0.2) is 40.6 Å². The van der Waals surface area contributed by atoms with Gasteiger partial charge < -0.3 is 10.0 Å². The highest BCUT2D eigenvalue weighted by Crippen LogP contribution is 2.36. The van der Waals surface area contributed by atoms with Gasteiger partial charge in [0.05, 0.1) is 10.8 Å². The summed E-state index contributed by atoms with van der Waals surface area (Å²) in [5, 5.41) is 9.87. The van der Waals surface area contributed by atoms with Crippen molar-refractivity contribution in [3.63, 3.8) is 0 Å². The van der Waals surface area contributed by atoms with Crippen molar-refractivity contribution < 1.29 is 13.7 Å². The van der Waals surface area contributed by atoms with Crippen LogP contribution in [-0.2, 0) is 10.8 Å². The van der Waals surface area contributed by atoms with E-state index in [1.165, 1.54) is 12.1 Å². The fourth-order valence-corrected chi connectivity index (χ4v) is 4.40. The molecule has 0 amide bonds. The first kappa shape index (κ1) is 16.9. The zero-order valence-electron chi connectivity index (χ0n) is 13.8. The van der Waals surface area contributed by atoms with E-state index in [2.05, 4.69) is 4.90 Å². The van der Waals surface area contributed by atoms with Crippen molar-refractivity contribution in [3.05, 3.63) is 65.0 Å². The number of fused-ring (bicyclic) bond motifs is 1. The van der Waals surface area contributed by atoms with Crippen LogP contribution in [0.25, 0.3) is 5.57 Å². The normalized spacial score (nSPS) is 17.8. The Morgan fingerprint density at radius 3 is 2.71 bits per heavy atom. The highest BCUT2D eigenvalue weighted by molar-refractivity contribution is 7.85. The van der Waals surface area contributed by atoms with Gasteiger partial charge in [0.15, 0.2) is 0 Å². The minimum Gasteiger partial charge on any atom is -0.508 e. The standard InChI is InChI=1S/C19H20FNO2S/c1-21(2)12-14-8-9-24(23)18-11-15(20)6-7-17(18)19(14)13-4-3-5-16(22)10-13/h3-7,10-11,22H,8-9,12H2,1-2H3. The van der Waals surface area contributed by atoms with Gasteiger partial charge in [-0.25, -0.2) is 4.39 Å². The molecule has 1 N–H and O–H groups in total. The number of halogens is 1. The van der Waals surface area contributed by atoms with Crippen molar-refractivity contribution >= 4 is 16.4 Å². The average Bonchev–Trinajstić information content (AvgIpc) is 2.65. The summed E-state index contributed by atoms with van der Waals surface area (Å²) in [5.41, 5.74) is 3.73. The maximum absolute atomic E-state index is 13.7. The lowest BCUT2D eigenvalue weighted by Crippen LogP contribution is -2.17. The molecule has 0 fully saturated rings. The van der Waals surface area contributed by atoms with Gasteiger partial charge in [0.1, 0.15) is 11.6 Å². The lowest BCUT2D eigenvalue weighted by molar-refractivity contribution is 0.441. The fraction of sp³-hybridized carbons (Fsp3) is 0.263. The Labute approximate surface area is 143 Å². The topological polar surface area (TPSA) is 40.5 Å². The molecule has 1 heterocycles. The van der Waals surface area contributed by atoms with Crippen molar-refractivity contribution in [3.8, 4) is 5.75 Å². The molecule has 1 aliphatic rings. The number of phenolic OH excluding ortho intramolecular Hbond substituents is 1. The van der Waals surface area contributed by atoms with Gasteiger partial charge in [-0.1, -0.05) is 18.2 Å². The summed E-state index contributed by atoms with van der Waals surface area (Å²) in [6.45, 7) is 0.721.